The maximum atomic E-state index is 12.8. The van der Waals surface area contributed by atoms with Gasteiger partial charge >= 0.3 is 0 Å². The Kier molecular flexibility index (Phi) is 3.56. The van der Waals surface area contributed by atoms with Gasteiger partial charge in [0.05, 0.1) is 16.6 Å². The van der Waals surface area contributed by atoms with Crippen molar-refractivity contribution < 1.29 is 9.32 Å². The lowest BCUT2D eigenvalue weighted by molar-refractivity contribution is 0.0952. The average molecular weight is 321 g/mol. The van der Waals surface area contributed by atoms with E-state index in [0.29, 0.717) is 34.8 Å². The molecule has 3 aromatic rings. The van der Waals surface area contributed by atoms with E-state index in [-0.39, 0.29) is 5.91 Å². The van der Waals surface area contributed by atoms with E-state index in [9.17, 15) is 4.79 Å². The third-order valence-electron chi connectivity index (χ3n) is 4.58. The second kappa shape index (κ2) is 5.74. The molecule has 0 unspecified atom stereocenters. The minimum Gasteiger partial charge on any atom is -0.348 e. The van der Waals surface area contributed by atoms with Crippen LogP contribution < -0.4 is 5.32 Å². The topological polar surface area (TPSA) is 68.0 Å². The molecule has 1 fully saturated rings. The number of carbonyl (C=O) groups excluding carboxylic acids is 1. The van der Waals surface area contributed by atoms with Crippen LogP contribution in [0.25, 0.3) is 11.1 Å². The molecule has 122 valence electrons. The number of benzene rings is 1. The molecule has 4 rings (SSSR count). The summed E-state index contributed by atoms with van der Waals surface area (Å²) in [5.74, 6) is 0.335. The molecular weight excluding hydrogens is 302 g/mol. The van der Waals surface area contributed by atoms with Crippen molar-refractivity contribution in [3.05, 3.63) is 58.4 Å². The first-order valence-electron chi connectivity index (χ1n) is 8.23. The summed E-state index contributed by atoms with van der Waals surface area (Å²) >= 11 is 0. The quantitative estimate of drug-likeness (QED) is 0.796. The van der Waals surface area contributed by atoms with E-state index < -0.39 is 0 Å². The number of hydrogen-bond donors (Lipinski definition) is 1. The fourth-order valence-electron chi connectivity index (χ4n) is 2.96. The number of aryl methyl sites for hydroxylation is 2. The molecule has 0 aliphatic heterocycles. The summed E-state index contributed by atoms with van der Waals surface area (Å²) in [7, 11) is 0. The number of hydrogen-bond acceptors (Lipinski definition) is 4. The molecule has 24 heavy (non-hydrogen) atoms. The molecule has 0 spiro atoms. The highest BCUT2D eigenvalue weighted by molar-refractivity contribution is 6.06. The molecular formula is C19H19N3O2. The summed E-state index contributed by atoms with van der Waals surface area (Å²) < 4.78 is 5.30. The molecule has 2 heterocycles. The SMILES string of the molecule is Cc1ccccc1CNC(=O)c1cc(C2CC2)nc2onc(C)c12. The highest BCUT2D eigenvalue weighted by atomic mass is 16.5. The molecule has 5 heteroatoms. The van der Waals surface area contributed by atoms with Gasteiger partial charge in [0.25, 0.3) is 11.6 Å². The van der Waals surface area contributed by atoms with Gasteiger partial charge in [-0.05, 0) is 43.9 Å². The van der Waals surface area contributed by atoms with Crippen molar-refractivity contribution in [3.8, 4) is 0 Å². The van der Waals surface area contributed by atoms with Gasteiger partial charge in [0, 0.05) is 18.2 Å². The molecule has 1 aliphatic rings. The van der Waals surface area contributed by atoms with Gasteiger partial charge in [0.1, 0.15) is 0 Å². The number of amides is 1. The summed E-state index contributed by atoms with van der Waals surface area (Å²) in [5, 5.41) is 7.70. The number of fused-ring (bicyclic) bond motifs is 1. The first-order chi connectivity index (χ1) is 11.6. The Morgan fingerprint density at radius 1 is 1.29 bits per heavy atom. The van der Waals surface area contributed by atoms with Crippen molar-refractivity contribution in [2.75, 3.05) is 0 Å². The highest BCUT2D eigenvalue weighted by Gasteiger charge is 2.28. The van der Waals surface area contributed by atoms with Crippen molar-refractivity contribution in [1.82, 2.24) is 15.5 Å². The van der Waals surface area contributed by atoms with Gasteiger partial charge < -0.3 is 9.84 Å². The zero-order chi connectivity index (χ0) is 16.7. The largest absolute Gasteiger partial charge is 0.348 e. The molecule has 2 aromatic heterocycles. The van der Waals surface area contributed by atoms with Gasteiger partial charge in [-0.1, -0.05) is 29.4 Å². The Bertz CT molecular complexity index is 926. The zero-order valence-electron chi connectivity index (χ0n) is 13.8. The lowest BCUT2D eigenvalue weighted by atomic mass is 10.1. The standard InChI is InChI=1S/C19H19N3O2/c1-11-5-3-4-6-14(11)10-20-18(23)15-9-16(13-7-8-13)21-19-17(15)12(2)22-24-19/h3-6,9,13H,7-8,10H2,1-2H3,(H,20,23). The number of nitrogens with zero attached hydrogens (tertiary/aromatic N) is 2. The minimum absolute atomic E-state index is 0.112. The Morgan fingerprint density at radius 3 is 2.83 bits per heavy atom. The van der Waals surface area contributed by atoms with E-state index in [1.807, 2.05) is 44.2 Å². The van der Waals surface area contributed by atoms with Crippen LogP contribution in [0, 0.1) is 13.8 Å². The predicted octanol–water partition coefficient (Wildman–Crippen LogP) is 3.65. The number of nitrogens with one attached hydrogen (secondary N) is 1. The molecule has 1 aromatic carbocycles. The fraction of sp³-hybridized carbons (Fsp3) is 0.316. The summed E-state index contributed by atoms with van der Waals surface area (Å²) in [6, 6.07) is 9.95. The molecule has 1 amide bonds. The fourth-order valence-corrected chi connectivity index (χ4v) is 2.96. The molecule has 1 saturated carbocycles. The van der Waals surface area contributed by atoms with Crippen molar-refractivity contribution in [1.29, 1.82) is 0 Å². The molecule has 0 bridgehead atoms. The second-order valence-corrected chi connectivity index (χ2v) is 6.43. The van der Waals surface area contributed by atoms with Crippen LogP contribution in [0.2, 0.25) is 0 Å². The van der Waals surface area contributed by atoms with Crippen LogP contribution >= 0.6 is 0 Å². The normalized spacial score (nSPS) is 14.1. The Hall–Kier alpha value is -2.69. The summed E-state index contributed by atoms with van der Waals surface area (Å²) in [6.07, 6.45) is 2.24. The Morgan fingerprint density at radius 2 is 2.08 bits per heavy atom. The van der Waals surface area contributed by atoms with Gasteiger partial charge in [0.15, 0.2) is 0 Å². The van der Waals surface area contributed by atoms with E-state index in [2.05, 4.69) is 15.5 Å². The molecule has 1 N–H and O–H groups in total. The van der Waals surface area contributed by atoms with Gasteiger partial charge in [-0.15, -0.1) is 0 Å². The van der Waals surface area contributed by atoms with Gasteiger partial charge in [0.2, 0.25) is 0 Å². The van der Waals surface area contributed by atoms with Crippen molar-refractivity contribution >= 4 is 17.0 Å². The Labute approximate surface area is 140 Å². The van der Waals surface area contributed by atoms with E-state index >= 15 is 0 Å². The summed E-state index contributed by atoms with van der Waals surface area (Å²) in [4.78, 5) is 17.3. The van der Waals surface area contributed by atoms with Crippen LogP contribution in [0.4, 0.5) is 0 Å². The molecule has 1 aliphatic carbocycles. The smallest absolute Gasteiger partial charge is 0.259 e. The van der Waals surface area contributed by atoms with Crippen LogP contribution in [0.3, 0.4) is 0 Å². The lowest BCUT2D eigenvalue weighted by Gasteiger charge is -2.09. The third kappa shape index (κ3) is 2.66. The summed E-state index contributed by atoms with van der Waals surface area (Å²) in [5.41, 5.74) is 4.96. The molecule has 0 atom stereocenters. The molecule has 5 nitrogen and oxygen atoms in total. The number of carbonyl (C=O) groups is 1. The highest BCUT2D eigenvalue weighted by Crippen LogP contribution is 2.40. The lowest BCUT2D eigenvalue weighted by Crippen LogP contribution is -2.23. The first-order valence-corrected chi connectivity index (χ1v) is 8.23. The molecule has 0 saturated heterocycles. The first kappa shape index (κ1) is 14.9. The van der Waals surface area contributed by atoms with E-state index in [0.717, 1.165) is 29.7 Å². The van der Waals surface area contributed by atoms with Gasteiger partial charge in [-0.3, -0.25) is 4.79 Å². The molecule has 0 radical (unpaired) electrons. The zero-order valence-corrected chi connectivity index (χ0v) is 13.8. The van der Waals surface area contributed by atoms with Crippen LogP contribution in [0.1, 0.15) is 51.6 Å². The number of aromatic nitrogens is 2. The van der Waals surface area contributed by atoms with E-state index in [1.54, 1.807) is 0 Å². The van der Waals surface area contributed by atoms with Gasteiger partial charge in [-0.2, -0.15) is 0 Å². The van der Waals surface area contributed by atoms with Crippen molar-refractivity contribution in [2.24, 2.45) is 0 Å². The maximum absolute atomic E-state index is 12.8. The van der Waals surface area contributed by atoms with Crippen molar-refractivity contribution in [3.63, 3.8) is 0 Å². The monoisotopic (exact) mass is 321 g/mol. The average Bonchev–Trinajstić information content (AvgIpc) is 3.37. The van der Waals surface area contributed by atoms with Crippen LogP contribution in [0.5, 0.6) is 0 Å². The summed E-state index contributed by atoms with van der Waals surface area (Å²) in [6.45, 7) is 4.38. The van der Waals surface area contributed by atoms with Crippen molar-refractivity contribution in [2.45, 2.75) is 39.2 Å². The Balaban J connectivity index is 1.66. The third-order valence-corrected chi connectivity index (χ3v) is 4.58. The van der Waals surface area contributed by atoms with E-state index in [4.69, 9.17) is 4.52 Å². The van der Waals surface area contributed by atoms with Crippen LogP contribution in [0.15, 0.2) is 34.9 Å². The van der Waals surface area contributed by atoms with Crippen LogP contribution in [-0.4, -0.2) is 16.0 Å². The van der Waals surface area contributed by atoms with Gasteiger partial charge in [-0.25, -0.2) is 4.98 Å². The number of rotatable bonds is 4. The maximum Gasteiger partial charge on any atom is 0.259 e. The minimum atomic E-state index is -0.112. The van der Waals surface area contributed by atoms with Crippen LogP contribution in [-0.2, 0) is 6.54 Å². The predicted molar refractivity (Wildman–Crippen MR) is 90.9 cm³/mol. The van der Waals surface area contributed by atoms with E-state index in [1.165, 1.54) is 0 Å². The number of pyridine rings is 1. The second-order valence-electron chi connectivity index (χ2n) is 6.43.